The molecule has 5 heteroatoms. The van der Waals surface area contributed by atoms with Gasteiger partial charge in [-0.2, -0.15) is 0 Å². The van der Waals surface area contributed by atoms with Crippen molar-refractivity contribution in [3.8, 4) is 0 Å². The second kappa shape index (κ2) is 6.18. The topological polar surface area (TPSA) is 63.0 Å². The lowest BCUT2D eigenvalue weighted by Gasteiger charge is -2.31. The number of nitrogens with zero attached hydrogens (tertiary/aromatic N) is 2. The number of anilines is 1. The van der Waals surface area contributed by atoms with E-state index in [0.29, 0.717) is 17.9 Å². The van der Waals surface area contributed by atoms with Crippen LogP contribution in [0, 0.1) is 5.92 Å². The van der Waals surface area contributed by atoms with Gasteiger partial charge in [0.15, 0.2) is 0 Å². The van der Waals surface area contributed by atoms with Gasteiger partial charge in [0.05, 0.1) is 6.04 Å². The average Bonchev–Trinajstić information content (AvgIpc) is 2.71. The van der Waals surface area contributed by atoms with Crippen LogP contribution in [0.25, 0.3) is 0 Å². The van der Waals surface area contributed by atoms with Crippen molar-refractivity contribution < 1.29 is 4.42 Å². The number of hydrogen-bond acceptors (Lipinski definition) is 5. The molecular weight excluding hydrogens is 228 g/mol. The van der Waals surface area contributed by atoms with E-state index < -0.39 is 0 Å². The molecule has 1 heterocycles. The maximum atomic E-state index is 5.64. The van der Waals surface area contributed by atoms with Crippen LogP contribution >= 0.6 is 0 Å². The summed E-state index contributed by atoms with van der Waals surface area (Å²) in [5.74, 6) is 1.42. The standard InChI is InChI=1S/C13H24N4O/c1-4-8-14-10(3)12-16-17-13(18-12)15-9(2)11-6-5-7-11/h9-11,14H,4-8H2,1-3H3,(H,15,17). The summed E-state index contributed by atoms with van der Waals surface area (Å²) < 4.78 is 5.64. The quantitative estimate of drug-likeness (QED) is 0.781. The lowest BCUT2D eigenvalue weighted by atomic mass is 9.80. The van der Waals surface area contributed by atoms with Gasteiger partial charge in [0, 0.05) is 6.04 Å². The lowest BCUT2D eigenvalue weighted by Crippen LogP contribution is -2.30. The fourth-order valence-electron chi connectivity index (χ4n) is 2.17. The highest BCUT2D eigenvalue weighted by molar-refractivity contribution is 5.20. The zero-order valence-corrected chi connectivity index (χ0v) is 11.6. The Bertz CT molecular complexity index is 362. The molecular formula is C13H24N4O. The van der Waals surface area contributed by atoms with Gasteiger partial charge < -0.3 is 15.1 Å². The molecule has 2 N–H and O–H groups in total. The van der Waals surface area contributed by atoms with Crippen molar-refractivity contribution in [3.05, 3.63) is 5.89 Å². The monoisotopic (exact) mass is 252 g/mol. The van der Waals surface area contributed by atoms with Gasteiger partial charge in [0.1, 0.15) is 0 Å². The van der Waals surface area contributed by atoms with E-state index in [4.69, 9.17) is 4.42 Å². The summed E-state index contributed by atoms with van der Waals surface area (Å²) in [7, 11) is 0. The largest absolute Gasteiger partial charge is 0.406 e. The van der Waals surface area contributed by atoms with Crippen LogP contribution in [0.5, 0.6) is 0 Å². The van der Waals surface area contributed by atoms with Crippen LogP contribution in [0.1, 0.15) is 58.4 Å². The second-order valence-electron chi connectivity index (χ2n) is 5.25. The molecule has 0 aromatic carbocycles. The molecule has 1 saturated carbocycles. The maximum Gasteiger partial charge on any atom is 0.315 e. The Morgan fingerprint density at radius 1 is 1.33 bits per heavy atom. The van der Waals surface area contributed by atoms with Crippen molar-refractivity contribution in [2.75, 3.05) is 11.9 Å². The van der Waals surface area contributed by atoms with Crippen LogP contribution in [-0.2, 0) is 0 Å². The minimum absolute atomic E-state index is 0.118. The van der Waals surface area contributed by atoms with Crippen LogP contribution in [0.15, 0.2) is 4.42 Å². The van der Waals surface area contributed by atoms with E-state index in [9.17, 15) is 0 Å². The van der Waals surface area contributed by atoms with Gasteiger partial charge in [-0.05, 0) is 45.6 Å². The Hall–Kier alpha value is -1.10. The van der Waals surface area contributed by atoms with E-state index in [0.717, 1.165) is 18.9 Å². The number of nitrogens with one attached hydrogen (secondary N) is 2. The van der Waals surface area contributed by atoms with Gasteiger partial charge in [-0.3, -0.25) is 0 Å². The van der Waals surface area contributed by atoms with Crippen molar-refractivity contribution in [2.45, 2.75) is 58.5 Å². The zero-order chi connectivity index (χ0) is 13.0. The van der Waals surface area contributed by atoms with Crippen molar-refractivity contribution in [2.24, 2.45) is 5.92 Å². The Labute approximate surface area is 109 Å². The first-order valence-electron chi connectivity index (χ1n) is 7.04. The Kier molecular flexibility index (Phi) is 4.58. The van der Waals surface area contributed by atoms with E-state index >= 15 is 0 Å². The summed E-state index contributed by atoms with van der Waals surface area (Å²) in [5.41, 5.74) is 0. The van der Waals surface area contributed by atoms with Crippen LogP contribution < -0.4 is 10.6 Å². The van der Waals surface area contributed by atoms with Gasteiger partial charge in [-0.15, -0.1) is 5.10 Å². The highest BCUT2D eigenvalue weighted by atomic mass is 16.4. The molecule has 102 valence electrons. The third-order valence-corrected chi connectivity index (χ3v) is 3.72. The predicted octanol–water partition coefficient (Wildman–Crippen LogP) is 2.73. The molecule has 1 aromatic heterocycles. The highest BCUT2D eigenvalue weighted by Gasteiger charge is 2.25. The molecule has 5 nitrogen and oxygen atoms in total. The van der Waals surface area contributed by atoms with Gasteiger partial charge in [-0.1, -0.05) is 18.4 Å². The first-order chi connectivity index (χ1) is 8.70. The van der Waals surface area contributed by atoms with Crippen molar-refractivity contribution >= 4 is 6.01 Å². The van der Waals surface area contributed by atoms with Crippen LogP contribution in [0.3, 0.4) is 0 Å². The third kappa shape index (κ3) is 3.22. The molecule has 0 radical (unpaired) electrons. The Balaban J connectivity index is 1.84. The zero-order valence-electron chi connectivity index (χ0n) is 11.6. The van der Waals surface area contributed by atoms with E-state index in [1.807, 2.05) is 6.92 Å². The second-order valence-corrected chi connectivity index (χ2v) is 5.25. The molecule has 0 spiro atoms. The highest BCUT2D eigenvalue weighted by Crippen LogP contribution is 2.30. The van der Waals surface area contributed by atoms with Crippen molar-refractivity contribution in [3.63, 3.8) is 0 Å². The molecule has 1 aromatic rings. The fourth-order valence-corrected chi connectivity index (χ4v) is 2.17. The van der Waals surface area contributed by atoms with Gasteiger partial charge in [0.2, 0.25) is 5.89 Å². The minimum atomic E-state index is 0.118. The number of rotatable bonds is 7. The molecule has 0 aliphatic heterocycles. The van der Waals surface area contributed by atoms with E-state index in [1.165, 1.54) is 19.3 Å². The summed E-state index contributed by atoms with van der Waals surface area (Å²) in [5, 5.41) is 14.8. The first-order valence-corrected chi connectivity index (χ1v) is 7.04. The summed E-state index contributed by atoms with van der Waals surface area (Å²) in [4.78, 5) is 0. The van der Waals surface area contributed by atoms with Gasteiger partial charge in [-0.25, -0.2) is 0 Å². The van der Waals surface area contributed by atoms with Gasteiger partial charge in [0.25, 0.3) is 0 Å². The Morgan fingerprint density at radius 3 is 2.72 bits per heavy atom. The molecule has 2 unspecified atom stereocenters. The predicted molar refractivity (Wildman–Crippen MR) is 71.4 cm³/mol. The Morgan fingerprint density at radius 2 is 2.11 bits per heavy atom. The summed E-state index contributed by atoms with van der Waals surface area (Å²) >= 11 is 0. The molecule has 2 rings (SSSR count). The van der Waals surface area contributed by atoms with E-state index in [1.54, 1.807) is 0 Å². The fraction of sp³-hybridized carbons (Fsp3) is 0.846. The molecule has 2 atom stereocenters. The molecule has 18 heavy (non-hydrogen) atoms. The summed E-state index contributed by atoms with van der Waals surface area (Å²) in [6.45, 7) is 7.33. The summed E-state index contributed by atoms with van der Waals surface area (Å²) in [6, 6.07) is 1.09. The molecule has 0 bridgehead atoms. The van der Waals surface area contributed by atoms with E-state index in [-0.39, 0.29) is 6.04 Å². The molecule has 1 aliphatic rings. The van der Waals surface area contributed by atoms with Gasteiger partial charge >= 0.3 is 6.01 Å². The molecule has 1 fully saturated rings. The minimum Gasteiger partial charge on any atom is -0.406 e. The SMILES string of the molecule is CCCNC(C)c1nnc(NC(C)C2CCC2)o1. The van der Waals surface area contributed by atoms with Crippen molar-refractivity contribution in [1.82, 2.24) is 15.5 Å². The average molecular weight is 252 g/mol. The number of hydrogen-bond donors (Lipinski definition) is 2. The molecule has 0 amide bonds. The smallest absolute Gasteiger partial charge is 0.315 e. The molecule has 0 saturated heterocycles. The van der Waals surface area contributed by atoms with E-state index in [2.05, 4.69) is 34.7 Å². The maximum absolute atomic E-state index is 5.64. The van der Waals surface area contributed by atoms with Crippen LogP contribution in [0.4, 0.5) is 6.01 Å². The summed E-state index contributed by atoms with van der Waals surface area (Å²) in [6.07, 6.45) is 5.07. The van der Waals surface area contributed by atoms with Crippen LogP contribution in [-0.4, -0.2) is 22.8 Å². The van der Waals surface area contributed by atoms with Crippen LogP contribution in [0.2, 0.25) is 0 Å². The normalized spacial score (nSPS) is 19.3. The lowest BCUT2D eigenvalue weighted by molar-refractivity contribution is 0.281. The third-order valence-electron chi connectivity index (χ3n) is 3.72. The molecule has 1 aliphatic carbocycles. The first kappa shape index (κ1) is 13.3. The number of aromatic nitrogens is 2. The van der Waals surface area contributed by atoms with Crippen molar-refractivity contribution in [1.29, 1.82) is 0 Å².